The van der Waals surface area contributed by atoms with E-state index in [-0.39, 0.29) is 23.4 Å². The second kappa shape index (κ2) is 13.7. The number of hydrogen-bond acceptors (Lipinski definition) is 5. The molecule has 0 bridgehead atoms. The Kier molecular flexibility index (Phi) is 11.0. The van der Waals surface area contributed by atoms with Crippen molar-refractivity contribution in [2.24, 2.45) is 5.41 Å². The molecule has 2 fully saturated rings. The minimum absolute atomic E-state index is 0.0239. The van der Waals surface area contributed by atoms with Crippen molar-refractivity contribution in [3.05, 3.63) is 112 Å². The van der Waals surface area contributed by atoms with E-state index in [4.69, 9.17) is 4.74 Å². The number of rotatable bonds is 10. The molecule has 4 unspecified atom stereocenters. The number of ether oxygens (including phenoxy) is 1. The number of hydrogen-bond donors (Lipinski definition) is 2. The first-order valence-corrected chi connectivity index (χ1v) is 15.5. The van der Waals surface area contributed by atoms with Gasteiger partial charge in [-0.15, -0.1) is 5.73 Å². The fraction of sp³-hybridized carbons (Fsp3) is 0.462. The van der Waals surface area contributed by atoms with E-state index in [9.17, 15) is 19.8 Å². The Morgan fingerprint density at radius 2 is 1.50 bits per heavy atom. The van der Waals surface area contributed by atoms with Crippen LogP contribution in [0, 0.1) is 5.41 Å². The Morgan fingerprint density at radius 3 is 2.07 bits per heavy atom. The first-order valence-electron chi connectivity index (χ1n) is 15.5. The SMILES string of the molecule is CC1=CC(=O)CC2(C)OC12CC(=O)/C(C)=C/C=C/C(C)=C/C=C/C=C(C)/C=C/C=C(\C)C=C=C1C(C)(C)CC(O)CC1(C)O. The van der Waals surface area contributed by atoms with Gasteiger partial charge in [0, 0.05) is 24.8 Å². The fourth-order valence-corrected chi connectivity index (χ4v) is 6.46. The van der Waals surface area contributed by atoms with Crippen molar-refractivity contribution in [3.8, 4) is 0 Å². The quantitative estimate of drug-likeness (QED) is 0.116. The molecular weight excluding hydrogens is 548 g/mol. The van der Waals surface area contributed by atoms with E-state index >= 15 is 0 Å². The van der Waals surface area contributed by atoms with Gasteiger partial charge in [-0.25, -0.2) is 0 Å². The van der Waals surface area contributed by atoms with Crippen molar-refractivity contribution in [2.45, 2.75) is 111 Å². The van der Waals surface area contributed by atoms with Crippen LogP contribution < -0.4 is 0 Å². The molecule has 1 saturated carbocycles. The van der Waals surface area contributed by atoms with Crippen LogP contribution in [0.5, 0.6) is 0 Å². The maximum atomic E-state index is 12.9. The first-order chi connectivity index (χ1) is 20.4. The minimum Gasteiger partial charge on any atom is -0.393 e. The summed E-state index contributed by atoms with van der Waals surface area (Å²) in [6, 6.07) is 0. The van der Waals surface area contributed by atoms with Gasteiger partial charge in [0.15, 0.2) is 11.6 Å². The van der Waals surface area contributed by atoms with Crippen LogP contribution in [-0.4, -0.2) is 44.7 Å². The number of fused-ring (bicyclic) bond motifs is 1. The van der Waals surface area contributed by atoms with Gasteiger partial charge in [0.25, 0.3) is 0 Å². The number of carbonyl (C=O) groups is 2. The summed E-state index contributed by atoms with van der Waals surface area (Å²) in [5.41, 5.74) is 6.23. The molecule has 2 aliphatic carbocycles. The molecular formula is C39H50O5. The van der Waals surface area contributed by atoms with Crippen LogP contribution in [0.4, 0.5) is 0 Å². The van der Waals surface area contributed by atoms with Gasteiger partial charge in [0.05, 0.1) is 11.7 Å². The fourth-order valence-electron chi connectivity index (χ4n) is 6.46. The monoisotopic (exact) mass is 598 g/mol. The molecule has 0 amide bonds. The molecule has 1 heterocycles. The number of allylic oxidation sites excluding steroid dienone is 15. The van der Waals surface area contributed by atoms with Gasteiger partial charge in [0.2, 0.25) is 0 Å². The minimum atomic E-state index is -1.07. The lowest BCUT2D eigenvalue weighted by Gasteiger charge is -2.43. The summed E-state index contributed by atoms with van der Waals surface area (Å²) in [5.74, 6) is 0.0823. The van der Waals surface area contributed by atoms with Crippen LogP contribution in [0.15, 0.2) is 112 Å². The van der Waals surface area contributed by atoms with Crippen molar-refractivity contribution in [3.63, 3.8) is 0 Å². The molecule has 1 saturated heterocycles. The second-order valence-electron chi connectivity index (χ2n) is 13.8. The van der Waals surface area contributed by atoms with Gasteiger partial charge < -0.3 is 14.9 Å². The van der Waals surface area contributed by atoms with E-state index in [0.717, 1.165) is 27.9 Å². The predicted octanol–water partition coefficient (Wildman–Crippen LogP) is 7.86. The Hall–Kier alpha value is -3.34. The molecule has 3 aliphatic rings. The normalized spacial score (nSPS) is 31.4. The number of carbonyl (C=O) groups excluding carboxylic acids is 2. The zero-order chi connectivity index (χ0) is 32.9. The number of aliphatic hydroxyl groups is 2. The van der Waals surface area contributed by atoms with Crippen molar-refractivity contribution < 1.29 is 24.5 Å². The van der Waals surface area contributed by atoms with Crippen molar-refractivity contribution in [2.75, 3.05) is 0 Å². The van der Waals surface area contributed by atoms with Gasteiger partial charge in [-0.05, 0) is 89.2 Å². The summed E-state index contributed by atoms with van der Waals surface area (Å²) in [7, 11) is 0. The Bertz CT molecular complexity index is 1460. The molecule has 0 radical (unpaired) electrons. The highest BCUT2D eigenvalue weighted by atomic mass is 16.6. The summed E-state index contributed by atoms with van der Waals surface area (Å²) < 4.78 is 5.95. The molecule has 0 aromatic rings. The summed E-state index contributed by atoms with van der Waals surface area (Å²) >= 11 is 0. The lowest BCUT2D eigenvalue weighted by molar-refractivity contribution is -0.117. The van der Waals surface area contributed by atoms with Crippen LogP contribution in [0.3, 0.4) is 0 Å². The second-order valence-corrected chi connectivity index (χ2v) is 13.8. The highest BCUT2D eigenvalue weighted by Crippen LogP contribution is 2.59. The van der Waals surface area contributed by atoms with Crippen LogP contribution in [-0.2, 0) is 14.3 Å². The van der Waals surface area contributed by atoms with Crippen molar-refractivity contribution in [1.82, 2.24) is 0 Å². The van der Waals surface area contributed by atoms with Crippen LogP contribution in [0.2, 0.25) is 0 Å². The average molecular weight is 599 g/mol. The Balaban J connectivity index is 1.53. The van der Waals surface area contributed by atoms with Gasteiger partial charge >= 0.3 is 0 Å². The average Bonchev–Trinajstić information content (AvgIpc) is 3.49. The van der Waals surface area contributed by atoms with Gasteiger partial charge in [0.1, 0.15) is 11.2 Å². The zero-order valence-electron chi connectivity index (χ0n) is 28.0. The molecule has 5 nitrogen and oxygen atoms in total. The van der Waals surface area contributed by atoms with Crippen LogP contribution in [0.1, 0.15) is 88.0 Å². The molecule has 2 N–H and O–H groups in total. The molecule has 0 aromatic heterocycles. The molecule has 0 aromatic carbocycles. The summed E-state index contributed by atoms with van der Waals surface area (Å²) in [6.45, 7) is 17.5. The Labute approximate surface area is 264 Å². The molecule has 0 spiro atoms. The summed E-state index contributed by atoms with van der Waals surface area (Å²) in [5, 5.41) is 21.0. The molecule has 4 atom stereocenters. The molecule has 3 rings (SSSR count). The van der Waals surface area contributed by atoms with Gasteiger partial charge in [-0.1, -0.05) is 85.8 Å². The topological polar surface area (TPSA) is 87.1 Å². The third-order valence-electron chi connectivity index (χ3n) is 8.88. The smallest absolute Gasteiger partial charge is 0.161 e. The summed E-state index contributed by atoms with van der Waals surface area (Å²) in [6.07, 6.45) is 24.2. The van der Waals surface area contributed by atoms with E-state index in [1.807, 2.05) is 122 Å². The van der Waals surface area contributed by atoms with E-state index in [0.29, 0.717) is 24.8 Å². The van der Waals surface area contributed by atoms with E-state index < -0.39 is 22.9 Å². The third-order valence-corrected chi connectivity index (χ3v) is 8.88. The summed E-state index contributed by atoms with van der Waals surface area (Å²) in [4.78, 5) is 24.8. The number of Topliss-reactive ketones (excluding diaryl/α,β-unsaturated/α-hetero) is 1. The predicted molar refractivity (Wildman–Crippen MR) is 179 cm³/mol. The molecule has 1 aliphatic heterocycles. The standard InChI is InChI=1S/C39H50O5/c1-27(16-12-17-29(3)20-21-35-36(6,7)23-33(41)24-37(35,8)43)14-10-11-15-28(2)18-13-19-30(4)34(42)26-39-31(5)22-32(40)25-38(39,9)44-39/h10-20,22,33,41,43H,23-26H2,1-9H3/b11-10+,16-12+,18-13+,27-14+,28-15+,29-17+,30-19+. The molecule has 44 heavy (non-hydrogen) atoms. The maximum absolute atomic E-state index is 12.9. The highest BCUT2D eigenvalue weighted by Gasteiger charge is 2.70. The zero-order valence-corrected chi connectivity index (χ0v) is 28.0. The first kappa shape index (κ1) is 35.1. The Morgan fingerprint density at radius 1 is 0.932 bits per heavy atom. The van der Waals surface area contributed by atoms with E-state index in [1.165, 1.54) is 0 Å². The largest absolute Gasteiger partial charge is 0.393 e. The van der Waals surface area contributed by atoms with Crippen LogP contribution in [0.25, 0.3) is 0 Å². The maximum Gasteiger partial charge on any atom is 0.161 e. The van der Waals surface area contributed by atoms with Crippen LogP contribution >= 0.6 is 0 Å². The highest BCUT2D eigenvalue weighted by molar-refractivity contribution is 5.99. The lowest BCUT2D eigenvalue weighted by atomic mass is 9.65. The lowest BCUT2D eigenvalue weighted by Crippen LogP contribution is -2.45. The van der Waals surface area contributed by atoms with Gasteiger partial charge in [-0.3, -0.25) is 9.59 Å². The van der Waals surface area contributed by atoms with Gasteiger partial charge in [-0.2, -0.15) is 0 Å². The van der Waals surface area contributed by atoms with Crippen molar-refractivity contribution >= 4 is 11.6 Å². The van der Waals surface area contributed by atoms with E-state index in [1.54, 1.807) is 13.0 Å². The molecule has 236 valence electrons. The van der Waals surface area contributed by atoms with E-state index in [2.05, 4.69) is 5.73 Å². The number of ketones is 2. The third kappa shape index (κ3) is 8.64. The van der Waals surface area contributed by atoms with Crippen molar-refractivity contribution in [1.29, 1.82) is 0 Å². The number of aliphatic hydroxyl groups excluding tert-OH is 1. The number of epoxide rings is 1. The molecule has 5 heteroatoms.